The molecule has 0 aromatic carbocycles. The molecule has 2 N–H and O–H groups in total. The first-order chi connectivity index (χ1) is 11.5. The van der Waals surface area contributed by atoms with E-state index < -0.39 is 11.5 Å². The molecule has 2 rings (SSSR count). The summed E-state index contributed by atoms with van der Waals surface area (Å²) in [5, 5.41) is 13.4. The summed E-state index contributed by atoms with van der Waals surface area (Å²) in [6.45, 7) is 2.57. The highest BCUT2D eigenvalue weighted by Gasteiger charge is 2.20. The van der Waals surface area contributed by atoms with E-state index >= 15 is 0 Å². The van der Waals surface area contributed by atoms with Crippen molar-refractivity contribution in [2.75, 3.05) is 20.3 Å². The zero-order valence-electron chi connectivity index (χ0n) is 13.5. The van der Waals surface area contributed by atoms with E-state index in [-0.39, 0.29) is 23.4 Å². The summed E-state index contributed by atoms with van der Waals surface area (Å²) < 4.78 is 6.25. The Morgan fingerprint density at radius 1 is 1.46 bits per heavy atom. The molecule has 0 aliphatic heterocycles. The third-order valence-corrected chi connectivity index (χ3v) is 4.28. The van der Waals surface area contributed by atoms with Crippen LogP contribution in [0.15, 0.2) is 10.2 Å². The third-order valence-electron chi connectivity index (χ3n) is 3.41. The predicted molar refractivity (Wildman–Crippen MR) is 89.7 cm³/mol. The van der Waals surface area contributed by atoms with Gasteiger partial charge in [0.1, 0.15) is 17.2 Å². The van der Waals surface area contributed by atoms with Crippen LogP contribution in [0.3, 0.4) is 0 Å². The average molecular weight is 353 g/mol. The topological polar surface area (TPSA) is 111 Å². The maximum absolute atomic E-state index is 12.8. The molecular weight excluding hydrogens is 334 g/mol. The van der Waals surface area contributed by atoms with Crippen LogP contribution in [0, 0.1) is 0 Å². The Hall–Kier alpha value is -2.26. The van der Waals surface area contributed by atoms with Crippen molar-refractivity contribution in [3.63, 3.8) is 0 Å². The summed E-state index contributed by atoms with van der Waals surface area (Å²) in [4.78, 5) is 40.8. The van der Waals surface area contributed by atoms with E-state index in [0.717, 1.165) is 17.8 Å². The number of carboxylic acid groups (broad SMARTS) is 1. The SMILES string of the molecule is CCCNC(=O)Cn1c(CCOC)nc2scc(C(=O)O)c2c1=O. The highest BCUT2D eigenvalue weighted by atomic mass is 32.1. The van der Waals surface area contributed by atoms with Gasteiger partial charge in [0.2, 0.25) is 5.91 Å². The van der Waals surface area contributed by atoms with Gasteiger partial charge in [-0.1, -0.05) is 6.92 Å². The summed E-state index contributed by atoms with van der Waals surface area (Å²) in [6.07, 6.45) is 1.13. The van der Waals surface area contributed by atoms with Crippen molar-refractivity contribution < 1.29 is 19.4 Å². The minimum atomic E-state index is -1.19. The number of carbonyl (C=O) groups is 2. The summed E-state index contributed by atoms with van der Waals surface area (Å²) in [7, 11) is 1.53. The standard InChI is InChI=1S/C15H19N3O5S/c1-3-5-16-11(19)7-18-10(4-6-23-2)17-13-12(14(18)20)9(8-24-13)15(21)22/h8H,3-7H2,1-2H3,(H,16,19)(H,21,22). The van der Waals surface area contributed by atoms with Gasteiger partial charge in [0.15, 0.2) is 0 Å². The molecule has 0 saturated heterocycles. The quantitative estimate of drug-likeness (QED) is 0.729. The lowest BCUT2D eigenvalue weighted by Gasteiger charge is -2.12. The Kier molecular flexibility index (Phi) is 6.04. The minimum absolute atomic E-state index is 0.0389. The number of carboxylic acids is 1. The number of hydrogen-bond donors (Lipinski definition) is 2. The normalized spacial score (nSPS) is 10.9. The lowest BCUT2D eigenvalue weighted by Crippen LogP contribution is -2.35. The van der Waals surface area contributed by atoms with E-state index in [4.69, 9.17) is 4.74 Å². The number of aromatic nitrogens is 2. The molecule has 2 heterocycles. The number of nitrogens with zero attached hydrogens (tertiary/aromatic N) is 2. The number of rotatable bonds is 8. The maximum atomic E-state index is 12.8. The molecule has 9 heteroatoms. The molecule has 0 unspecified atom stereocenters. The first kappa shape index (κ1) is 18.1. The number of thiophene rings is 1. The van der Waals surface area contributed by atoms with Crippen molar-refractivity contribution in [1.29, 1.82) is 0 Å². The maximum Gasteiger partial charge on any atom is 0.337 e. The Labute approximate surface area is 142 Å². The number of carbonyl (C=O) groups excluding carboxylic acids is 1. The third kappa shape index (κ3) is 3.80. The van der Waals surface area contributed by atoms with Gasteiger partial charge in [-0.15, -0.1) is 11.3 Å². The van der Waals surface area contributed by atoms with E-state index in [1.54, 1.807) is 0 Å². The molecule has 0 bridgehead atoms. The van der Waals surface area contributed by atoms with Crippen LogP contribution in [0.5, 0.6) is 0 Å². The van der Waals surface area contributed by atoms with Crippen molar-refractivity contribution in [3.8, 4) is 0 Å². The lowest BCUT2D eigenvalue weighted by molar-refractivity contribution is -0.121. The fourth-order valence-electron chi connectivity index (χ4n) is 2.24. The molecule has 0 aliphatic carbocycles. The van der Waals surface area contributed by atoms with E-state index in [0.29, 0.717) is 30.2 Å². The fraction of sp³-hybridized carbons (Fsp3) is 0.467. The van der Waals surface area contributed by atoms with Crippen LogP contribution in [-0.2, 0) is 22.5 Å². The second kappa shape index (κ2) is 8.02. The number of amides is 1. The highest BCUT2D eigenvalue weighted by molar-refractivity contribution is 7.17. The van der Waals surface area contributed by atoms with Crippen LogP contribution >= 0.6 is 11.3 Å². The van der Waals surface area contributed by atoms with Gasteiger partial charge in [0.05, 0.1) is 17.6 Å². The van der Waals surface area contributed by atoms with E-state index in [1.165, 1.54) is 17.1 Å². The summed E-state index contributed by atoms with van der Waals surface area (Å²) in [6, 6.07) is 0. The second-order valence-electron chi connectivity index (χ2n) is 5.15. The zero-order valence-corrected chi connectivity index (χ0v) is 14.3. The molecule has 0 spiro atoms. The van der Waals surface area contributed by atoms with E-state index in [2.05, 4.69) is 10.3 Å². The smallest absolute Gasteiger partial charge is 0.337 e. The van der Waals surface area contributed by atoms with E-state index in [1.807, 2.05) is 6.92 Å². The molecule has 1 amide bonds. The number of methoxy groups -OCH3 is 1. The van der Waals surface area contributed by atoms with Gasteiger partial charge in [0, 0.05) is 25.5 Å². The van der Waals surface area contributed by atoms with E-state index in [9.17, 15) is 19.5 Å². The average Bonchev–Trinajstić information content (AvgIpc) is 2.98. The van der Waals surface area contributed by atoms with Crippen LogP contribution in [0.25, 0.3) is 10.2 Å². The molecule has 0 radical (unpaired) electrons. The van der Waals surface area contributed by atoms with Gasteiger partial charge in [-0.2, -0.15) is 0 Å². The largest absolute Gasteiger partial charge is 0.478 e. The van der Waals surface area contributed by atoms with Crippen molar-refractivity contribution in [1.82, 2.24) is 14.9 Å². The molecule has 0 fully saturated rings. The summed E-state index contributed by atoms with van der Waals surface area (Å²) in [5.41, 5.74) is -0.607. The predicted octanol–water partition coefficient (Wildman–Crippen LogP) is 0.871. The Morgan fingerprint density at radius 3 is 2.83 bits per heavy atom. The molecule has 0 aliphatic rings. The number of hydrogen-bond acceptors (Lipinski definition) is 6. The molecule has 2 aromatic rings. The molecule has 2 aromatic heterocycles. The van der Waals surface area contributed by atoms with Crippen LogP contribution in [-0.4, -0.2) is 46.8 Å². The lowest BCUT2D eigenvalue weighted by atomic mass is 10.2. The number of ether oxygens (including phenoxy) is 1. The molecular formula is C15H19N3O5S. The fourth-order valence-corrected chi connectivity index (χ4v) is 3.16. The first-order valence-electron chi connectivity index (χ1n) is 7.49. The van der Waals surface area contributed by atoms with Crippen molar-refractivity contribution in [3.05, 3.63) is 27.1 Å². The number of nitrogens with one attached hydrogen (secondary N) is 1. The van der Waals surface area contributed by atoms with Gasteiger partial charge in [-0.05, 0) is 6.42 Å². The Bertz CT molecular complexity index is 811. The number of fused-ring (bicyclic) bond motifs is 1. The van der Waals surface area contributed by atoms with Gasteiger partial charge in [-0.3, -0.25) is 14.2 Å². The zero-order chi connectivity index (χ0) is 17.7. The Balaban J connectivity index is 2.52. The van der Waals surface area contributed by atoms with Crippen LogP contribution < -0.4 is 10.9 Å². The van der Waals surface area contributed by atoms with Crippen molar-refractivity contribution >= 4 is 33.4 Å². The van der Waals surface area contributed by atoms with Gasteiger partial charge in [0.25, 0.3) is 5.56 Å². The summed E-state index contributed by atoms with van der Waals surface area (Å²) >= 11 is 1.10. The second-order valence-corrected chi connectivity index (χ2v) is 6.00. The van der Waals surface area contributed by atoms with Crippen molar-refractivity contribution in [2.45, 2.75) is 26.3 Å². The molecule has 0 saturated carbocycles. The highest BCUT2D eigenvalue weighted by Crippen LogP contribution is 2.21. The monoisotopic (exact) mass is 353 g/mol. The summed E-state index contributed by atoms with van der Waals surface area (Å²) in [5.74, 6) is -1.10. The van der Waals surface area contributed by atoms with Crippen LogP contribution in [0.1, 0.15) is 29.5 Å². The molecule has 24 heavy (non-hydrogen) atoms. The minimum Gasteiger partial charge on any atom is -0.478 e. The van der Waals surface area contributed by atoms with Crippen LogP contribution in [0.4, 0.5) is 0 Å². The van der Waals surface area contributed by atoms with Gasteiger partial charge in [-0.25, -0.2) is 9.78 Å². The van der Waals surface area contributed by atoms with Gasteiger partial charge >= 0.3 is 5.97 Å². The molecule has 0 atom stereocenters. The van der Waals surface area contributed by atoms with Gasteiger partial charge < -0.3 is 15.2 Å². The van der Waals surface area contributed by atoms with Crippen molar-refractivity contribution in [2.24, 2.45) is 0 Å². The number of aromatic carboxylic acids is 1. The van der Waals surface area contributed by atoms with Crippen LogP contribution in [0.2, 0.25) is 0 Å². The molecule has 130 valence electrons. The first-order valence-corrected chi connectivity index (χ1v) is 8.37. The Morgan fingerprint density at radius 2 is 2.21 bits per heavy atom. The molecule has 8 nitrogen and oxygen atoms in total.